The Balaban J connectivity index is 2.15. The zero-order valence-electron chi connectivity index (χ0n) is 8.20. The highest BCUT2D eigenvalue weighted by atomic mass is 19.1. The number of ether oxygens (including phenoxy) is 1. The molecule has 0 saturated carbocycles. The van der Waals surface area contributed by atoms with E-state index in [1.54, 1.807) is 12.1 Å². The van der Waals surface area contributed by atoms with Crippen LogP contribution in [0.15, 0.2) is 24.3 Å². The summed E-state index contributed by atoms with van der Waals surface area (Å²) in [6, 6.07) is 5.48. The Bertz CT molecular complexity index is 314. The molecule has 0 spiro atoms. The lowest BCUT2D eigenvalue weighted by Crippen LogP contribution is -2.32. The minimum atomic E-state index is -0.569. The molecule has 1 aromatic carbocycles. The molecule has 15 heavy (non-hydrogen) atoms. The third-order valence-corrected chi connectivity index (χ3v) is 1.73. The maximum Gasteiger partial charge on any atom is 0.312 e. The summed E-state index contributed by atoms with van der Waals surface area (Å²) in [4.78, 5) is 10.3. The molecule has 0 bridgehead atoms. The van der Waals surface area contributed by atoms with Gasteiger partial charge in [-0.3, -0.25) is 0 Å². The van der Waals surface area contributed by atoms with Gasteiger partial charge in [0, 0.05) is 6.54 Å². The van der Waals surface area contributed by atoms with Crippen LogP contribution in [0.25, 0.3) is 0 Å². The fourth-order valence-electron chi connectivity index (χ4n) is 1.02. The highest BCUT2D eigenvalue weighted by molar-refractivity contribution is 5.71. The number of hydrogen-bond acceptors (Lipinski definition) is 2. The van der Waals surface area contributed by atoms with E-state index in [9.17, 15) is 9.18 Å². The highest BCUT2D eigenvalue weighted by Gasteiger charge is 1.95. The van der Waals surface area contributed by atoms with Crippen molar-refractivity contribution in [1.29, 1.82) is 0 Å². The van der Waals surface area contributed by atoms with Crippen LogP contribution in [0.4, 0.5) is 9.18 Å². The van der Waals surface area contributed by atoms with Gasteiger partial charge in [0.25, 0.3) is 0 Å². The summed E-state index contributed by atoms with van der Waals surface area (Å²) in [5.74, 6) is -0.269. The van der Waals surface area contributed by atoms with Gasteiger partial charge < -0.3 is 15.8 Å². The van der Waals surface area contributed by atoms with E-state index >= 15 is 0 Å². The SMILES string of the molecule is NC(=O)NCCOCc1ccc(F)cc1. The largest absolute Gasteiger partial charge is 0.375 e. The van der Waals surface area contributed by atoms with Crippen LogP contribution in [0.5, 0.6) is 0 Å². The fraction of sp³-hybridized carbons (Fsp3) is 0.300. The smallest absolute Gasteiger partial charge is 0.312 e. The molecule has 0 heterocycles. The summed E-state index contributed by atoms with van der Waals surface area (Å²) in [6.07, 6.45) is 0. The number of rotatable bonds is 5. The molecule has 2 amide bonds. The van der Waals surface area contributed by atoms with Gasteiger partial charge in [-0.05, 0) is 17.7 Å². The minimum absolute atomic E-state index is 0.269. The standard InChI is InChI=1S/C10H13FN2O2/c11-9-3-1-8(2-4-9)7-15-6-5-13-10(12)14/h1-4H,5-7H2,(H3,12,13,14). The molecule has 0 aliphatic carbocycles. The average molecular weight is 212 g/mol. The number of carbonyl (C=O) groups excluding carboxylic acids is 1. The Morgan fingerprint density at radius 3 is 2.67 bits per heavy atom. The van der Waals surface area contributed by atoms with Crippen molar-refractivity contribution in [1.82, 2.24) is 5.32 Å². The number of amides is 2. The van der Waals surface area contributed by atoms with Crippen LogP contribution in [0.2, 0.25) is 0 Å². The lowest BCUT2D eigenvalue weighted by molar-refractivity contribution is 0.124. The average Bonchev–Trinajstić information content (AvgIpc) is 2.20. The predicted octanol–water partition coefficient (Wildman–Crippen LogP) is 1.01. The summed E-state index contributed by atoms with van der Waals surface area (Å²) in [5.41, 5.74) is 5.74. The zero-order valence-corrected chi connectivity index (χ0v) is 8.20. The molecule has 5 heteroatoms. The van der Waals surface area contributed by atoms with E-state index in [0.717, 1.165) is 5.56 Å². The van der Waals surface area contributed by atoms with Crippen molar-refractivity contribution in [3.63, 3.8) is 0 Å². The summed E-state index contributed by atoms with van der Waals surface area (Å²) in [5, 5.41) is 2.39. The summed E-state index contributed by atoms with van der Waals surface area (Å²) in [7, 11) is 0. The molecule has 0 unspecified atom stereocenters. The van der Waals surface area contributed by atoms with E-state index in [1.165, 1.54) is 12.1 Å². The van der Waals surface area contributed by atoms with E-state index < -0.39 is 6.03 Å². The zero-order chi connectivity index (χ0) is 11.1. The van der Waals surface area contributed by atoms with E-state index in [-0.39, 0.29) is 5.82 Å². The van der Waals surface area contributed by atoms with E-state index in [0.29, 0.717) is 19.8 Å². The molecule has 0 fully saturated rings. The number of carbonyl (C=O) groups is 1. The van der Waals surface area contributed by atoms with Crippen LogP contribution in [-0.4, -0.2) is 19.2 Å². The Morgan fingerprint density at radius 2 is 2.07 bits per heavy atom. The van der Waals surface area contributed by atoms with Crippen molar-refractivity contribution >= 4 is 6.03 Å². The molecule has 0 atom stereocenters. The number of urea groups is 1. The van der Waals surface area contributed by atoms with Crippen molar-refractivity contribution < 1.29 is 13.9 Å². The minimum Gasteiger partial charge on any atom is -0.375 e. The van der Waals surface area contributed by atoms with Gasteiger partial charge in [-0.25, -0.2) is 9.18 Å². The number of primary amides is 1. The van der Waals surface area contributed by atoms with Gasteiger partial charge in [-0.1, -0.05) is 12.1 Å². The van der Waals surface area contributed by atoms with Crippen molar-refractivity contribution in [2.75, 3.05) is 13.2 Å². The summed E-state index contributed by atoms with van der Waals surface area (Å²) >= 11 is 0. The van der Waals surface area contributed by atoms with Gasteiger partial charge in [-0.2, -0.15) is 0 Å². The molecule has 4 nitrogen and oxygen atoms in total. The molecule has 82 valence electrons. The molecule has 0 aliphatic heterocycles. The third kappa shape index (κ3) is 4.97. The fourth-order valence-corrected chi connectivity index (χ4v) is 1.02. The second kappa shape index (κ2) is 5.98. The number of halogens is 1. The normalized spacial score (nSPS) is 9.93. The third-order valence-electron chi connectivity index (χ3n) is 1.73. The summed E-state index contributed by atoms with van der Waals surface area (Å²) < 4.78 is 17.7. The quantitative estimate of drug-likeness (QED) is 0.715. The summed E-state index contributed by atoms with van der Waals surface area (Å²) in [6.45, 7) is 1.14. The Labute approximate surface area is 87.2 Å². The lowest BCUT2D eigenvalue weighted by atomic mass is 10.2. The van der Waals surface area contributed by atoms with Gasteiger partial charge in [0.2, 0.25) is 0 Å². The van der Waals surface area contributed by atoms with E-state index in [1.807, 2.05) is 0 Å². The van der Waals surface area contributed by atoms with Crippen LogP contribution in [-0.2, 0) is 11.3 Å². The molecule has 0 aliphatic rings. The monoisotopic (exact) mass is 212 g/mol. The second-order valence-electron chi connectivity index (χ2n) is 2.97. The molecule has 1 rings (SSSR count). The molecule has 3 N–H and O–H groups in total. The Hall–Kier alpha value is -1.62. The Morgan fingerprint density at radius 1 is 1.40 bits per heavy atom. The maximum absolute atomic E-state index is 12.5. The van der Waals surface area contributed by atoms with Crippen molar-refractivity contribution in [2.24, 2.45) is 5.73 Å². The first-order chi connectivity index (χ1) is 7.18. The predicted molar refractivity (Wildman–Crippen MR) is 53.6 cm³/mol. The van der Waals surface area contributed by atoms with Crippen LogP contribution in [0, 0.1) is 5.82 Å². The topological polar surface area (TPSA) is 64.4 Å². The van der Waals surface area contributed by atoms with Gasteiger partial charge in [0.15, 0.2) is 0 Å². The molecular weight excluding hydrogens is 199 g/mol. The number of benzene rings is 1. The van der Waals surface area contributed by atoms with Crippen molar-refractivity contribution in [2.45, 2.75) is 6.61 Å². The van der Waals surface area contributed by atoms with Crippen LogP contribution in [0.1, 0.15) is 5.56 Å². The van der Waals surface area contributed by atoms with Crippen LogP contribution >= 0.6 is 0 Å². The molecule has 0 aromatic heterocycles. The number of hydrogen-bond donors (Lipinski definition) is 2. The number of nitrogens with two attached hydrogens (primary N) is 1. The van der Waals surface area contributed by atoms with E-state index in [2.05, 4.69) is 5.32 Å². The molecule has 0 saturated heterocycles. The van der Waals surface area contributed by atoms with E-state index in [4.69, 9.17) is 10.5 Å². The van der Waals surface area contributed by atoms with Gasteiger partial charge in [0.1, 0.15) is 5.82 Å². The van der Waals surface area contributed by atoms with Gasteiger partial charge >= 0.3 is 6.03 Å². The first-order valence-corrected chi connectivity index (χ1v) is 4.54. The first kappa shape index (κ1) is 11.5. The molecule has 0 radical (unpaired) electrons. The molecule has 1 aromatic rings. The van der Waals surface area contributed by atoms with Crippen LogP contribution < -0.4 is 11.1 Å². The first-order valence-electron chi connectivity index (χ1n) is 4.54. The van der Waals surface area contributed by atoms with Crippen molar-refractivity contribution in [3.05, 3.63) is 35.6 Å². The molecular formula is C10H13FN2O2. The second-order valence-corrected chi connectivity index (χ2v) is 2.97. The van der Waals surface area contributed by atoms with Gasteiger partial charge in [0.05, 0.1) is 13.2 Å². The Kier molecular flexibility index (Phi) is 4.56. The number of nitrogens with one attached hydrogen (secondary N) is 1. The van der Waals surface area contributed by atoms with Crippen molar-refractivity contribution in [3.8, 4) is 0 Å². The lowest BCUT2D eigenvalue weighted by Gasteiger charge is -2.04. The highest BCUT2D eigenvalue weighted by Crippen LogP contribution is 2.03. The van der Waals surface area contributed by atoms with Crippen LogP contribution in [0.3, 0.4) is 0 Å². The van der Waals surface area contributed by atoms with Gasteiger partial charge in [-0.15, -0.1) is 0 Å². The maximum atomic E-state index is 12.5.